The molecular formula is C15H26N2O. The van der Waals surface area contributed by atoms with Crippen molar-refractivity contribution in [2.75, 3.05) is 17.6 Å². The van der Waals surface area contributed by atoms with Gasteiger partial charge in [-0.05, 0) is 37.8 Å². The van der Waals surface area contributed by atoms with Gasteiger partial charge < -0.3 is 15.8 Å². The Morgan fingerprint density at radius 2 is 2.00 bits per heavy atom. The number of rotatable bonds is 6. The Hall–Kier alpha value is -1.38. The van der Waals surface area contributed by atoms with Gasteiger partial charge >= 0.3 is 0 Å². The first-order valence-electron chi connectivity index (χ1n) is 6.64. The van der Waals surface area contributed by atoms with E-state index in [2.05, 4.69) is 26.1 Å². The maximum atomic E-state index is 6.11. The third-order valence-corrected chi connectivity index (χ3v) is 3.14. The number of para-hydroxylation sites is 1. The van der Waals surface area contributed by atoms with Crippen molar-refractivity contribution in [2.45, 2.75) is 47.1 Å². The average Bonchev–Trinajstić information content (AvgIpc) is 2.30. The highest BCUT2D eigenvalue weighted by Gasteiger charge is 2.15. The van der Waals surface area contributed by atoms with Crippen LogP contribution in [0.1, 0.15) is 41.0 Å². The predicted octanol–water partition coefficient (Wildman–Crippen LogP) is 3.90. The average molecular weight is 250 g/mol. The van der Waals surface area contributed by atoms with Gasteiger partial charge in [0.05, 0.1) is 17.5 Å². The van der Waals surface area contributed by atoms with E-state index in [1.165, 1.54) is 0 Å². The largest absolute Gasteiger partial charge is 0.489 e. The van der Waals surface area contributed by atoms with E-state index in [0.717, 1.165) is 24.4 Å². The molecule has 0 amide bonds. The van der Waals surface area contributed by atoms with Crippen LogP contribution in [0.15, 0.2) is 18.2 Å². The Bertz CT molecular complexity index is 386. The minimum Gasteiger partial charge on any atom is -0.489 e. The third-order valence-electron chi connectivity index (χ3n) is 3.14. The monoisotopic (exact) mass is 250 g/mol. The van der Waals surface area contributed by atoms with Crippen LogP contribution in [0.3, 0.4) is 0 Å². The van der Waals surface area contributed by atoms with Crippen molar-refractivity contribution in [3.05, 3.63) is 18.2 Å². The summed E-state index contributed by atoms with van der Waals surface area (Å²) in [6.45, 7) is 11.6. The number of hydrogen-bond donors (Lipinski definition) is 2. The van der Waals surface area contributed by atoms with Crippen LogP contribution in [0.2, 0.25) is 0 Å². The summed E-state index contributed by atoms with van der Waals surface area (Å²) in [5.41, 5.74) is 8.03. The molecule has 1 aromatic rings. The molecule has 0 radical (unpaired) electrons. The molecule has 0 saturated carbocycles. The molecule has 0 aliphatic rings. The second-order valence-corrected chi connectivity index (χ2v) is 5.76. The van der Waals surface area contributed by atoms with Gasteiger partial charge in [0.25, 0.3) is 0 Å². The van der Waals surface area contributed by atoms with E-state index in [0.29, 0.717) is 5.69 Å². The Labute approximate surface area is 111 Å². The summed E-state index contributed by atoms with van der Waals surface area (Å²) < 4.78 is 5.68. The standard InChI is InChI=1S/C15H26N2O/c1-6-15(4,5)10-17-12-8-7-9-13(14(12)16)18-11(2)3/h7-9,11,17H,6,10,16H2,1-5H3. The molecule has 0 saturated heterocycles. The van der Waals surface area contributed by atoms with Crippen LogP contribution < -0.4 is 15.8 Å². The van der Waals surface area contributed by atoms with Crippen molar-refractivity contribution in [2.24, 2.45) is 5.41 Å². The maximum absolute atomic E-state index is 6.11. The summed E-state index contributed by atoms with van der Waals surface area (Å²) in [4.78, 5) is 0. The van der Waals surface area contributed by atoms with Crippen molar-refractivity contribution in [1.82, 2.24) is 0 Å². The minimum atomic E-state index is 0.134. The first-order valence-corrected chi connectivity index (χ1v) is 6.64. The van der Waals surface area contributed by atoms with Crippen molar-refractivity contribution in [3.8, 4) is 5.75 Å². The third kappa shape index (κ3) is 4.13. The number of ether oxygens (including phenoxy) is 1. The van der Waals surface area contributed by atoms with Crippen LogP contribution >= 0.6 is 0 Å². The Morgan fingerprint density at radius 1 is 1.33 bits per heavy atom. The van der Waals surface area contributed by atoms with Gasteiger partial charge in [-0.15, -0.1) is 0 Å². The fourth-order valence-electron chi connectivity index (χ4n) is 1.51. The lowest BCUT2D eigenvalue weighted by Gasteiger charge is -2.24. The van der Waals surface area contributed by atoms with Crippen molar-refractivity contribution < 1.29 is 4.74 Å². The smallest absolute Gasteiger partial charge is 0.144 e. The molecule has 0 spiro atoms. The molecule has 0 aromatic heterocycles. The van der Waals surface area contributed by atoms with Gasteiger partial charge in [0.15, 0.2) is 0 Å². The molecule has 0 unspecified atom stereocenters. The molecule has 18 heavy (non-hydrogen) atoms. The summed E-state index contributed by atoms with van der Waals surface area (Å²) in [6, 6.07) is 5.87. The van der Waals surface area contributed by atoms with E-state index in [9.17, 15) is 0 Å². The summed E-state index contributed by atoms with van der Waals surface area (Å²) >= 11 is 0. The molecule has 0 atom stereocenters. The zero-order valence-electron chi connectivity index (χ0n) is 12.2. The van der Waals surface area contributed by atoms with Crippen molar-refractivity contribution in [3.63, 3.8) is 0 Å². The fraction of sp³-hybridized carbons (Fsp3) is 0.600. The molecule has 3 N–H and O–H groups in total. The van der Waals surface area contributed by atoms with E-state index in [1.807, 2.05) is 32.0 Å². The molecular weight excluding hydrogens is 224 g/mol. The van der Waals surface area contributed by atoms with E-state index in [-0.39, 0.29) is 11.5 Å². The number of hydrogen-bond acceptors (Lipinski definition) is 3. The van der Waals surface area contributed by atoms with Gasteiger partial charge in [-0.1, -0.05) is 26.8 Å². The van der Waals surface area contributed by atoms with Crippen LogP contribution in [-0.2, 0) is 0 Å². The lowest BCUT2D eigenvalue weighted by atomic mass is 9.90. The number of anilines is 2. The lowest BCUT2D eigenvalue weighted by molar-refractivity contribution is 0.244. The van der Waals surface area contributed by atoms with Crippen LogP contribution in [0.25, 0.3) is 0 Å². The number of nitrogens with two attached hydrogens (primary N) is 1. The molecule has 102 valence electrons. The van der Waals surface area contributed by atoms with Gasteiger partial charge in [-0.3, -0.25) is 0 Å². The molecule has 3 heteroatoms. The first kappa shape index (κ1) is 14.7. The molecule has 0 fully saturated rings. The van der Waals surface area contributed by atoms with Crippen molar-refractivity contribution in [1.29, 1.82) is 0 Å². The van der Waals surface area contributed by atoms with Crippen LogP contribution in [0, 0.1) is 5.41 Å². The molecule has 1 aromatic carbocycles. The van der Waals surface area contributed by atoms with E-state index in [1.54, 1.807) is 0 Å². The minimum absolute atomic E-state index is 0.134. The second-order valence-electron chi connectivity index (χ2n) is 5.76. The van der Waals surface area contributed by atoms with E-state index < -0.39 is 0 Å². The highest BCUT2D eigenvalue weighted by molar-refractivity contribution is 5.73. The van der Waals surface area contributed by atoms with Crippen molar-refractivity contribution >= 4 is 11.4 Å². The molecule has 0 bridgehead atoms. The molecule has 0 aliphatic heterocycles. The molecule has 0 heterocycles. The van der Waals surface area contributed by atoms with Gasteiger partial charge in [0.1, 0.15) is 5.75 Å². The number of nitrogens with one attached hydrogen (secondary N) is 1. The molecule has 0 aliphatic carbocycles. The predicted molar refractivity (Wildman–Crippen MR) is 79.2 cm³/mol. The topological polar surface area (TPSA) is 47.3 Å². The van der Waals surface area contributed by atoms with Gasteiger partial charge in [-0.2, -0.15) is 0 Å². The Morgan fingerprint density at radius 3 is 2.56 bits per heavy atom. The van der Waals surface area contributed by atoms with E-state index >= 15 is 0 Å². The first-order chi connectivity index (χ1) is 8.35. The van der Waals surface area contributed by atoms with Crippen LogP contribution in [0.4, 0.5) is 11.4 Å². The molecule has 3 nitrogen and oxygen atoms in total. The quantitative estimate of drug-likeness (QED) is 0.753. The summed E-state index contributed by atoms with van der Waals surface area (Å²) in [7, 11) is 0. The highest BCUT2D eigenvalue weighted by Crippen LogP contribution is 2.31. The summed E-state index contributed by atoms with van der Waals surface area (Å²) in [6.07, 6.45) is 1.26. The second kappa shape index (κ2) is 5.98. The number of nitrogen functional groups attached to an aromatic ring is 1. The normalized spacial score (nSPS) is 11.7. The lowest BCUT2D eigenvalue weighted by Crippen LogP contribution is -2.22. The van der Waals surface area contributed by atoms with Gasteiger partial charge in [-0.25, -0.2) is 0 Å². The fourth-order valence-corrected chi connectivity index (χ4v) is 1.51. The molecule has 1 rings (SSSR count). The SMILES string of the molecule is CCC(C)(C)CNc1cccc(OC(C)C)c1N. The zero-order valence-corrected chi connectivity index (χ0v) is 12.2. The van der Waals surface area contributed by atoms with Gasteiger partial charge in [0, 0.05) is 6.54 Å². The Kier molecular flexibility index (Phi) is 4.88. The number of benzene rings is 1. The van der Waals surface area contributed by atoms with Crippen LogP contribution in [-0.4, -0.2) is 12.6 Å². The van der Waals surface area contributed by atoms with Gasteiger partial charge in [0.2, 0.25) is 0 Å². The zero-order chi connectivity index (χ0) is 13.8. The van der Waals surface area contributed by atoms with Crippen LogP contribution in [0.5, 0.6) is 5.75 Å². The highest BCUT2D eigenvalue weighted by atomic mass is 16.5. The maximum Gasteiger partial charge on any atom is 0.144 e. The summed E-state index contributed by atoms with van der Waals surface area (Å²) in [5.74, 6) is 0.754. The summed E-state index contributed by atoms with van der Waals surface area (Å²) in [5, 5.41) is 3.41. The Balaban J connectivity index is 2.78. The van der Waals surface area contributed by atoms with E-state index in [4.69, 9.17) is 10.5 Å².